The number of amides is 1. The van der Waals surface area contributed by atoms with E-state index in [-0.39, 0.29) is 12.3 Å². The molecule has 6 nitrogen and oxygen atoms in total. The molecule has 17 heavy (non-hydrogen) atoms. The molecule has 1 amide bonds. The Kier molecular flexibility index (Phi) is 7.09. The SMILES string of the molecule is CC.CNC(=O)OCc1ccccc1[N+](=O)[O-]. The molecular weight excluding hydrogens is 224 g/mol. The minimum Gasteiger partial charge on any atom is -0.444 e. The molecule has 0 aliphatic carbocycles. The van der Waals surface area contributed by atoms with Crippen LogP contribution in [0.5, 0.6) is 0 Å². The number of carbonyl (C=O) groups excluding carboxylic acids is 1. The molecule has 0 heterocycles. The monoisotopic (exact) mass is 240 g/mol. The largest absolute Gasteiger partial charge is 0.444 e. The number of nitrogens with one attached hydrogen (secondary N) is 1. The molecule has 0 spiro atoms. The van der Waals surface area contributed by atoms with Gasteiger partial charge in [0.15, 0.2) is 0 Å². The molecule has 0 radical (unpaired) electrons. The van der Waals surface area contributed by atoms with Crippen molar-refractivity contribution in [2.45, 2.75) is 20.5 Å². The fraction of sp³-hybridized carbons (Fsp3) is 0.364. The van der Waals surface area contributed by atoms with Crippen molar-refractivity contribution < 1.29 is 14.5 Å². The average molecular weight is 240 g/mol. The summed E-state index contributed by atoms with van der Waals surface area (Å²) in [5, 5.41) is 12.8. The fourth-order valence-corrected chi connectivity index (χ4v) is 1.03. The maximum absolute atomic E-state index is 10.8. The van der Waals surface area contributed by atoms with Gasteiger partial charge in [0.05, 0.1) is 10.5 Å². The number of carbonyl (C=O) groups is 1. The number of ether oxygens (including phenoxy) is 1. The van der Waals surface area contributed by atoms with Crippen LogP contribution in [0, 0.1) is 10.1 Å². The molecule has 1 aromatic carbocycles. The van der Waals surface area contributed by atoms with E-state index in [1.165, 1.54) is 13.1 Å². The molecular formula is C11H16N2O4. The predicted molar refractivity (Wildman–Crippen MR) is 63.7 cm³/mol. The Morgan fingerprint density at radius 1 is 1.41 bits per heavy atom. The van der Waals surface area contributed by atoms with Crippen LogP contribution < -0.4 is 5.32 Å². The first-order chi connectivity index (χ1) is 8.15. The summed E-state index contributed by atoms with van der Waals surface area (Å²) >= 11 is 0. The smallest absolute Gasteiger partial charge is 0.407 e. The highest BCUT2D eigenvalue weighted by atomic mass is 16.6. The van der Waals surface area contributed by atoms with Gasteiger partial charge >= 0.3 is 6.09 Å². The van der Waals surface area contributed by atoms with E-state index in [1.807, 2.05) is 13.8 Å². The number of alkyl carbamates (subject to hydrolysis) is 1. The van der Waals surface area contributed by atoms with Crippen LogP contribution in [0.4, 0.5) is 10.5 Å². The van der Waals surface area contributed by atoms with Gasteiger partial charge in [-0.25, -0.2) is 4.79 Å². The van der Waals surface area contributed by atoms with E-state index in [2.05, 4.69) is 5.32 Å². The summed E-state index contributed by atoms with van der Waals surface area (Å²) in [5.41, 5.74) is 0.313. The molecule has 0 fully saturated rings. The predicted octanol–water partition coefficient (Wildman–Crippen LogP) is 2.48. The van der Waals surface area contributed by atoms with Gasteiger partial charge in [-0.2, -0.15) is 0 Å². The maximum atomic E-state index is 10.8. The van der Waals surface area contributed by atoms with Crippen molar-refractivity contribution in [3.8, 4) is 0 Å². The lowest BCUT2D eigenvalue weighted by Crippen LogP contribution is -2.19. The zero-order valence-corrected chi connectivity index (χ0v) is 10.1. The summed E-state index contributed by atoms with van der Waals surface area (Å²) in [6.07, 6.45) is -0.617. The van der Waals surface area contributed by atoms with Gasteiger partial charge in [-0.3, -0.25) is 10.1 Å². The molecule has 94 valence electrons. The van der Waals surface area contributed by atoms with Gasteiger partial charge in [-0.05, 0) is 6.07 Å². The van der Waals surface area contributed by atoms with Gasteiger partial charge < -0.3 is 10.1 Å². The fourth-order valence-electron chi connectivity index (χ4n) is 1.03. The van der Waals surface area contributed by atoms with Gasteiger partial charge in [-0.1, -0.05) is 26.0 Å². The van der Waals surface area contributed by atoms with Crippen molar-refractivity contribution in [2.75, 3.05) is 7.05 Å². The van der Waals surface area contributed by atoms with Crippen molar-refractivity contribution in [1.29, 1.82) is 0 Å². The highest BCUT2D eigenvalue weighted by Crippen LogP contribution is 2.18. The second-order valence-electron chi connectivity index (χ2n) is 2.71. The Labute approximate surface area is 99.7 Å². The molecule has 0 unspecified atom stereocenters. The lowest BCUT2D eigenvalue weighted by molar-refractivity contribution is -0.385. The zero-order valence-electron chi connectivity index (χ0n) is 10.1. The first-order valence-corrected chi connectivity index (χ1v) is 5.22. The Balaban J connectivity index is 0.00000121. The molecule has 1 N–H and O–H groups in total. The van der Waals surface area contributed by atoms with E-state index in [9.17, 15) is 14.9 Å². The molecule has 0 bridgehead atoms. The van der Waals surface area contributed by atoms with E-state index < -0.39 is 11.0 Å². The molecule has 6 heteroatoms. The summed E-state index contributed by atoms with van der Waals surface area (Å²) < 4.78 is 4.71. The molecule has 0 aliphatic heterocycles. The third-order valence-electron chi connectivity index (χ3n) is 1.75. The normalized spacial score (nSPS) is 8.65. The Hall–Kier alpha value is -2.11. The second-order valence-corrected chi connectivity index (χ2v) is 2.71. The number of nitro benzene ring substituents is 1. The lowest BCUT2D eigenvalue weighted by Gasteiger charge is -2.04. The van der Waals surface area contributed by atoms with Crippen molar-refractivity contribution in [2.24, 2.45) is 0 Å². The first kappa shape index (κ1) is 14.9. The molecule has 0 atom stereocenters. The van der Waals surface area contributed by atoms with Crippen molar-refractivity contribution in [1.82, 2.24) is 5.32 Å². The van der Waals surface area contributed by atoms with E-state index in [0.717, 1.165) is 0 Å². The van der Waals surface area contributed by atoms with Crippen molar-refractivity contribution in [3.05, 3.63) is 39.9 Å². The first-order valence-electron chi connectivity index (χ1n) is 5.22. The van der Waals surface area contributed by atoms with Gasteiger partial charge in [0.2, 0.25) is 0 Å². The van der Waals surface area contributed by atoms with Gasteiger partial charge in [0.1, 0.15) is 6.61 Å². The summed E-state index contributed by atoms with van der Waals surface area (Å²) in [5.74, 6) is 0. The topological polar surface area (TPSA) is 81.5 Å². The quantitative estimate of drug-likeness (QED) is 0.650. The standard InChI is InChI=1S/C9H10N2O4.C2H6/c1-10-9(12)15-6-7-4-2-3-5-8(7)11(13)14;1-2/h2-5H,6H2,1H3,(H,10,12);1-2H3. The maximum Gasteiger partial charge on any atom is 0.407 e. The summed E-state index contributed by atoms with van der Waals surface area (Å²) in [4.78, 5) is 20.8. The second kappa shape index (κ2) is 8.09. The molecule has 1 aromatic rings. The molecule has 0 saturated carbocycles. The number of nitrogens with zero attached hydrogens (tertiary/aromatic N) is 1. The van der Waals surface area contributed by atoms with Gasteiger partial charge in [0.25, 0.3) is 5.69 Å². The molecule has 1 rings (SSSR count). The van der Waals surface area contributed by atoms with Crippen LogP contribution in [0.2, 0.25) is 0 Å². The average Bonchev–Trinajstić information content (AvgIpc) is 2.38. The minimum absolute atomic E-state index is 0.0543. The minimum atomic E-state index is -0.617. The van der Waals surface area contributed by atoms with E-state index >= 15 is 0 Å². The number of benzene rings is 1. The van der Waals surface area contributed by atoms with Crippen LogP contribution in [0.3, 0.4) is 0 Å². The number of hydrogen-bond acceptors (Lipinski definition) is 4. The molecule has 0 aromatic heterocycles. The van der Waals surface area contributed by atoms with E-state index in [1.54, 1.807) is 18.2 Å². The summed E-state index contributed by atoms with van der Waals surface area (Å²) in [6, 6.07) is 6.11. The van der Waals surface area contributed by atoms with Crippen LogP contribution >= 0.6 is 0 Å². The van der Waals surface area contributed by atoms with E-state index in [0.29, 0.717) is 5.56 Å². The lowest BCUT2D eigenvalue weighted by atomic mass is 10.2. The van der Waals surface area contributed by atoms with Crippen molar-refractivity contribution >= 4 is 11.8 Å². The number of rotatable bonds is 3. The van der Waals surface area contributed by atoms with Crippen LogP contribution in [-0.2, 0) is 11.3 Å². The van der Waals surface area contributed by atoms with Crippen LogP contribution in [0.1, 0.15) is 19.4 Å². The van der Waals surface area contributed by atoms with Crippen LogP contribution in [0.25, 0.3) is 0 Å². The van der Waals surface area contributed by atoms with Crippen LogP contribution in [-0.4, -0.2) is 18.1 Å². The highest BCUT2D eigenvalue weighted by molar-refractivity contribution is 5.66. The Morgan fingerprint density at radius 3 is 2.53 bits per heavy atom. The number of nitro groups is 1. The Morgan fingerprint density at radius 2 is 2.00 bits per heavy atom. The van der Waals surface area contributed by atoms with Gasteiger partial charge in [-0.15, -0.1) is 0 Å². The van der Waals surface area contributed by atoms with Gasteiger partial charge in [0, 0.05) is 13.1 Å². The number of para-hydroxylation sites is 1. The summed E-state index contributed by atoms with van der Waals surface area (Å²) in [7, 11) is 1.42. The third kappa shape index (κ3) is 4.96. The van der Waals surface area contributed by atoms with Crippen molar-refractivity contribution in [3.63, 3.8) is 0 Å². The third-order valence-corrected chi connectivity index (χ3v) is 1.75. The molecule has 0 aliphatic rings. The van der Waals surface area contributed by atoms with Crippen LogP contribution in [0.15, 0.2) is 24.3 Å². The molecule has 0 saturated heterocycles. The zero-order chi connectivity index (χ0) is 13.3. The Bertz CT molecular complexity index is 379. The highest BCUT2D eigenvalue weighted by Gasteiger charge is 2.13. The number of hydrogen-bond donors (Lipinski definition) is 1. The van der Waals surface area contributed by atoms with E-state index in [4.69, 9.17) is 4.74 Å². The summed E-state index contributed by atoms with van der Waals surface area (Å²) in [6.45, 7) is 3.89.